The average Bonchev–Trinajstić information content (AvgIpc) is 2.62. The molecule has 1 aliphatic carbocycles. The quantitative estimate of drug-likeness (QED) is 0.305. The number of rotatable bonds is 6. The van der Waals surface area contributed by atoms with Gasteiger partial charge in [-0.25, -0.2) is 4.79 Å². The number of Topliss-reactive ketones (excluding diaryl/α,β-unsaturated/α-hetero) is 1. The molecule has 0 N–H and O–H groups in total. The van der Waals surface area contributed by atoms with Gasteiger partial charge in [-0.3, -0.25) is 4.79 Å². The largest absolute Gasteiger partial charge is 0.488 e. The Morgan fingerprint density at radius 1 is 1.23 bits per heavy atom. The normalized spacial score (nSPS) is 30.2. The molecule has 1 fully saturated rings. The molecular weight excluding hydrogens is 396 g/mol. The molecule has 5 nitrogen and oxygen atoms in total. The zero-order valence-corrected chi connectivity index (χ0v) is 21.7. The van der Waals surface area contributed by atoms with Gasteiger partial charge in [0.1, 0.15) is 16.9 Å². The molecule has 1 saturated carbocycles. The lowest BCUT2D eigenvalue weighted by Gasteiger charge is -2.54. The van der Waals surface area contributed by atoms with Crippen molar-refractivity contribution in [2.75, 3.05) is 7.11 Å². The van der Waals surface area contributed by atoms with E-state index >= 15 is 0 Å². The summed E-state index contributed by atoms with van der Waals surface area (Å²) in [5.41, 5.74) is -0.701. The van der Waals surface area contributed by atoms with E-state index in [-0.39, 0.29) is 22.5 Å². The van der Waals surface area contributed by atoms with Crippen LogP contribution in [0.15, 0.2) is 11.3 Å². The third kappa shape index (κ3) is 4.40. The van der Waals surface area contributed by atoms with Crippen molar-refractivity contribution in [2.45, 2.75) is 104 Å². The van der Waals surface area contributed by atoms with Gasteiger partial charge in [0.2, 0.25) is 0 Å². The van der Waals surface area contributed by atoms with E-state index in [1.54, 1.807) is 6.92 Å². The average molecular weight is 439 g/mol. The highest BCUT2D eigenvalue weighted by Gasteiger charge is 2.59. The fourth-order valence-electron chi connectivity index (χ4n) is 4.98. The van der Waals surface area contributed by atoms with Crippen LogP contribution >= 0.6 is 0 Å². The minimum atomic E-state index is -2.09. The third-order valence-corrected chi connectivity index (χ3v) is 12.5. The zero-order chi connectivity index (χ0) is 23.1. The van der Waals surface area contributed by atoms with Crippen molar-refractivity contribution in [1.29, 1.82) is 0 Å². The van der Waals surface area contributed by atoms with Crippen LogP contribution in [-0.4, -0.2) is 38.9 Å². The molecule has 0 amide bonds. The second-order valence-corrected chi connectivity index (χ2v) is 15.6. The molecule has 0 spiro atoms. The maximum Gasteiger partial charge on any atom is 0.344 e. The number of methoxy groups -OCH3 is 1. The van der Waals surface area contributed by atoms with Crippen molar-refractivity contribution < 1.29 is 23.5 Å². The Labute approximate surface area is 184 Å². The first kappa shape index (κ1) is 25.1. The molecule has 0 aromatic rings. The van der Waals surface area contributed by atoms with Crippen LogP contribution in [0.4, 0.5) is 0 Å². The van der Waals surface area contributed by atoms with E-state index in [2.05, 4.69) is 47.7 Å². The summed E-state index contributed by atoms with van der Waals surface area (Å²) >= 11 is 0. The summed E-state index contributed by atoms with van der Waals surface area (Å²) in [6.45, 7) is 19.3. The molecular formula is C24H42O5Si. The van der Waals surface area contributed by atoms with Crippen molar-refractivity contribution in [3.05, 3.63) is 11.3 Å². The van der Waals surface area contributed by atoms with Crippen LogP contribution in [0.25, 0.3) is 0 Å². The second-order valence-electron chi connectivity index (χ2n) is 10.8. The fraction of sp³-hybridized carbons (Fsp3) is 0.833. The maximum absolute atomic E-state index is 13.5. The molecule has 1 aliphatic heterocycles. The van der Waals surface area contributed by atoms with E-state index in [1.807, 2.05) is 6.92 Å². The molecule has 1 heterocycles. The lowest BCUT2D eigenvalue weighted by Crippen LogP contribution is -2.62. The van der Waals surface area contributed by atoms with Crippen LogP contribution in [-0.2, 0) is 23.5 Å². The lowest BCUT2D eigenvalue weighted by atomic mass is 9.62. The number of ketones is 1. The number of carbonyl (C=O) groups excluding carboxylic acids is 2. The molecule has 172 valence electrons. The maximum atomic E-state index is 13.5. The van der Waals surface area contributed by atoms with Crippen LogP contribution in [0.1, 0.15) is 74.1 Å². The highest BCUT2D eigenvalue weighted by Crippen LogP contribution is 2.51. The summed E-state index contributed by atoms with van der Waals surface area (Å²) in [7, 11) is -0.783. The van der Waals surface area contributed by atoms with Gasteiger partial charge in [-0.05, 0) is 56.7 Å². The molecule has 0 saturated heterocycles. The number of allylic oxidation sites excluding steroid dienone is 1. The Kier molecular flexibility index (Phi) is 7.35. The Bertz CT molecular complexity index is 701. The second kappa shape index (κ2) is 8.77. The molecule has 2 aliphatic rings. The molecule has 0 unspecified atom stereocenters. The Morgan fingerprint density at radius 2 is 1.80 bits per heavy atom. The highest BCUT2D eigenvalue weighted by atomic mass is 28.4. The van der Waals surface area contributed by atoms with Crippen molar-refractivity contribution in [3.63, 3.8) is 0 Å². The topological polar surface area (TPSA) is 61.8 Å². The molecule has 0 bridgehead atoms. The molecule has 0 aromatic carbocycles. The van der Waals surface area contributed by atoms with Crippen LogP contribution in [0.2, 0.25) is 18.1 Å². The fourth-order valence-corrected chi connectivity index (χ4v) is 6.38. The SMILES string of the molecule is CCC(CC)[C@@H]1C[C@H](O[Si](C)(C)C(C)(C)C)[C@@]2(C)OC(C)=C(C(=O)OC)C(=O)[C@@H]2C1. The lowest BCUT2D eigenvalue weighted by molar-refractivity contribution is -0.172. The van der Waals surface area contributed by atoms with Crippen molar-refractivity contribution in [3.8, 4) is 0 Å². The van der Waals surface area contributed by atoms with Gasteiger partial charge in [0.15, 0.2) is 14.1 Å². The van der Waals surface area contributed by atoms with E-state index in [0.29, 0.717) is 17.6 Å². The smallest absolute Gasteiger partial charge is 0.344 e. The molecule has 4 atom stereocenters. The summed E-state index contributed by atoms with van der Waals surface area (Å²) in [5.74, 6) is 0.109. The van der Waals surface area contributed by atoms with Crippen molar-refractivity contribution in [2.24, 2.45) is 17.8 Å². The molecule has 30 heavy (non-hydrogen) atoms. The zero-order valence-electron chi connectivity index (χ0n) is 20.7. The van der Waals surface area contributed by atoms with E-state index in [9.17, 15) is 9.59 Å². The Hall–Kier alpha value is -1.14. The van der Waals surface area contributed by atoms with E-state index in [4.69, 9.17) is 13.9 Å². The van der Waals surface area contributed by atoms with Gasteiger partial charge in [0.05, 0.1) is 19.1 Å². The van der Waals surface area contributed by atoms with E-state index in [0.717, 1.165) is 25.7 Å². The predicted octanol–water partition coefficient (Wildman–Crippen LogP) is 5.64. The van der Waals surface area contributed by atoms with Crippen molar-refractivity contribution in [1.82, 2.24) is 0 Å². The summed E-state index contributed by atoms with van der Waals surface area (Å²) in [4.78, 5) is 25.9. The highest BCUT2D eigenvalue weighted by molar-refractivity contribution is 6.74. The van der Waals surface area contributed by atoms with Gasteiger partial charge in [-0.15, -0.1) is 0 Å². The number of esters is 1. The summed E-state index contributed by atoms with van der Waals surface area (Å²) in [6.07, 6.45) is 3.59. The van der Waals surface area contributed by atoms with Gasteiger partial charge in [-0.1, -0.05) is 47.5 Å². The van der Waals surface area contributed by atoms with E-state index in [1.165, 1.54) is 7.11 Å². The van der Waals surface area contributed by atoms with Crippen LogP contribution < -0.4 is 0 Å². The standard InChI is InChI=1S/C24H42O5Si/c1-11-16(12-2)17-13-18-21(25)20(22(26)27-8)15(3)28-24(18,7)19(14-17)29-30(9,10)23(4,5)6/h16-19H,11-14H2,1-10H3/t17-,18-,19-,24-/m0/s1. The summed E-state index contributed by atoms with van der Waals surface area (Å²) in [5, 5.41) is 0.0570. The van der Waals surface area contributed by atoms with Gasteiger partial charge in [-0.2, -0.15) is 0 Å². The van der Waals surface area contributed by atoms with E-state index < -0.39 is 25.8 Å². The number of ether oxygens (including phenoxy) is 2. The third-order valence-electron chi connectivity index (χ3n) is 8.02. The molecule has 6 heteroatoms. The first-order valence-corrected chi connectivity index (χ1v) is 14.3. The first-order chi connectivity index (χ1) is 13.7. The van der Waals surface area contributed by atoms with Gasteiger partial charge in [0, 0.05) is 0 Å². The molecule has 0 radical (unpaired) electrons. The van der Waals surface area contributed by atoms with Gasteiger partial charge >= 0.3 is 5.97 Å². The number of carbonyl (C=O) groups is 2. The van der Waals surface area contributed by atoms with Gasteiger partial charge in [0.25, 0.3) is 0 Å². The minimum Gasteiger partial charge on any atom is -0.488 e. The summed E-state index contributed by atoms with van der Waals surface area (Å²) in [6, 6.07) is 0. The number of hydrogen-bond acceptors (Lipinski definition) is 5. The summed E-state index contributed by atoms with van der Waals surface area (Å²) < 4.78 is 18.2. The molecule has 2 rings (SSSR count). The predicted molar refractivity (Wildman–Crippen MR) is 122 cm³/mol. The minimum absolute atomic E-state index is 0.0570. The van der Waals surface area contributed by atoms with Crippen LogP contribution in [0.5, 0.6) is 0 Å². The number of hydrogen-bond donors (Lipinski definition) is 0. The first-order valence-electron chi connectivity index (χ1n) is 11.4. The molecule has 0 aromatic heterocycles. The van der Waals surface area contributed by atoms with Crippen LogP contribution in [0, 0.1) is 17.8 Å². The van der Waals surface area contributed by atoms with Gasteiger partial charge < -0.3 is 13.9 Å². The Morgan fingerprint density at radius 3 is 2.27 bits per heavy atom. The van der Waals surface area contributed by atoms with Crippen LogP contribution in [0.3, 0.4) is 0 Å². The van der Waals surface area contributed by atoms with Crippen molar-refractivity contribution >= 4 is 20.1 Å². The monoisotopic (exact) mass is 438 g/mol. The Balaban J connectivity index is 2.54. The number of fused-ring (bicyclic) bond motifs is 1.